The van der Waals surface area contributed by atoms with Gasteiger partial charge in [-0.2, -0.15) is 0 Å². The fraction of sp³-hybridized carbons (Fsp3) is 0.400. The van der Waals surface area contributed by atoms with Gasteiger partial charge in [-0.1, -0.05) is 0 Å². The van der Waals surface area contributed by atoms with Gasteiger partial charge < -0.3 is 11.1 Å². The average Bonchev–Trinajstić information content (AvgIpc) is 2.81. The van der Waals surface area contributed by atoms with Crippen LogP contribution < -0.4 is 11.1 Å². The predicted molar refractivity (Wildman–Crippen MR) is 58.8 cm³/mol. The van der Waals surface area contributed by atoms with Crippen LogP contribution in [0.1, 0.15) is 19.8 Å². The van der Waals surface area contributed by atoms with Crippen molar-refractivity contribution in [2.75, 3.05) is 11.1 Å². The maximum Gasteiger partial charge on any atom is 0.273 e. The number of anilines is 2. The van der Waals surface area contributed by atoms with E-state index >= 15 is 0 Å². The molecule has 5 nitrogen and oxygen atoms in total. The minimum Gasteiger partial charge on any atom is -0.398 e. The van der Waals surface area contributed by atoms with Gasteiger partial charge in [0.25, 0.3) is 5.69 Å². The monoisotopic (exact) mass is 207 g/mol. The van der Waals surface area contributed by atoms with Crippen LogP contribution in [-0.4, -0.2) is 10.5 Å². The molecule has 1 aromatic carbocycles. The lowest BCUT2D eigenvalue weighted by Crippen LogP contribution is -2.16. The van der Waals surface area contributed by atoms with Crippen molar-refractivity contribution in [1.29, 1.82) is 0 Å². The van der Waals surface area contributed by atoms with Crippen molar-refractivity contribution >= 4 is 17.1 Å². The Bertz CT molecular complexity index is 413. The van der Waals surface area contributed by atoms with Gasteiger partial charge in [-0.3, -0.25) is 10.1 Å². The molecule has 0 amide bonds. The molecule has 1 aliphatic rings. The molecule has 0 bridgehead atoms. The van der Waals surface area contributed by atoms with Gasteiger partial charge in [-0.25, -0.2) is 0 Å². The van der Waals surface area contributed by atoms with Crippen LogP contribution in [0.2, 0.25) is 0 Å². The molecule has 0 heterocycles. The maximum absolute atomic E-state index is 10.6. The quantitative estimate of drug-likeness (QED) is 0.452. The first-order valence-corrected chi connectivity index (χ1v) is 4.82. The fourth-order valence-corrected chi connectivity index (χ4v) is 1.47. The van der Waals surface area contributed by atoms with E-state index < -0.39 is 4.92 Å². The third-order valence-corrected chi connectivity index (χ3v) is 2.60. The highest BCUT2D eigenvalue weighted by Crippen LogP contribution is 2.39. The summed E-state index contributed by atoms with van der Waals surface area (Å²) in [5, 5.41) is 13.9. The standard InChI is InChI=1S/C10H13N3O2/c1-10(2-3-10)12-8-4-7(11)5-9(6-8)13(14)15/h4-6,12H,2-3,11H2,1H3. The molecule has 0 aliphatic heterocycles. The number of nitro benzene ring substituents is 1. The Kier molecular flexibility index (Phi) is 2.03. The van der Waals surface area contributed by atoms with Crippen molar-refractivity contribution < 1.29 is 4.92 Å². The molecular weight excluding hydrogens is 194 g/mol. The minimum atomic E-state index is -0.434. The summed E-state index contributed by atoms with van der Waals surface area (Å²) in [6.07, 6.45) is 2.19. The zero-order chi connectivity index (χ0) is 11.1. The highest BCUT2D eigenvalue weighted by Gasteiger charge is 2.37. The van der Waals surface area contributed by atoms with E-state index in [0.717, 1.165) is 18.5 Å². The Morgan fingerprint density at radius 3 is 2.67 bits per heavy atom. The molecular formula is C10H13N3O2. The molecule has 0 atom stereocenters. The van der Waals surface area contributed by atoms with Crippen LogP contribution in [-0.2, 0) is 0 Å². The molecule has 0 saturated heterocycles. The van der Waals surface area contributed by atoms with Crippen LogP contribution in [0.3, 0.4) is 0 Å². The van der Waals surface area contributed by atoms with E-state index in [0.29, 0.717) is 5.69 Å². The van der Waals surface area contributed by atoms with E-state index in [1.54, 1.807) is 6.07 Å². The molecule has 5 heteroatoms. The van der Waals surface area contributed by atoms with Crippen molar-refractivity contribution in [2.45, 2.75) is 25.3 Å². The normalized spacial score (nSPS) is 17.1. The van der Waals surface area contributed by atoms with E-state index in [-0.39, 0.29) is 11.2 Å². The number of benzene rings is 1. The van der Waals surface area contributed by atoms with Crippen LogP contribution in [0, 0.1) is 10.1 Å². The van der Waals surface area contributed by atoms with Crippen molar-refractivity contribution in [3.8, 4) is 0 Å². The fourth-order valence-electron chi connectivity index (χ4n) is 1.47. The van der Waals surface area contributed by atoms with Gasteiger partial charge in [0, 0.05) is 29.0 Å². The number of nitrogen functional groups attached to an aromatic ring is 1. The Hall–Kier alpha value is -1.78. The van der Waals surface area contributed by atoms with E-state index in [9.17, 15) is 10.1 Å². The van der Waals surface area contributed by atoms with E-state index in [2.05, 4.69) is 12.2 Å². The first-order chi connectivity index (χ1) is 6.98. The zero-order valence-electron chi connectivity index (χ0n) is 8.49. The summed E-state index contributed by atoms with van der Waals surface area (Å²) in [6.45, 7) is 2.09. The van der Waals surface area contributed by atoms with Crippen LogP contribution in [0.5, 0.6) is 0 Å². The second kappa shape index (κ2) is 3.12. The van der Waals surface area contributed by atoms with E-state index in [1.807, 2.05) is 0 Å². The Morgan fingerprint density at radius 2 is 2.13 bits per heavy atom. The van der Waals surface area contributed by atoms with Crippen molar-refractivity contribution in [1.82, 2.24) is 0 Å². The number of nitrogens with zero attached hydrogens (tertiary/aromatic N) is 1. The topological polar surface area (TPSA) is 81.2 Å². The number of non-ortho nitro benzene ring substituents is 1. The highest BCUT2D eigenvalue weighted by molar-refractivity contribution is 5.62. The molecule has 0 spiro atoms. The van der Waals surface area contributed by atoms with Gasteiger partial charge in [0.1, 0.15) is 0 Å². The smallest absolute Gasteiger partial charge is 0.273 e. The Morgan fingerprint density at radius 1 is 1.47 bits per heavy atom. The molecule has 1 aliphatic carbocycles. The third-order valence-electron chi connectivity index (χ3n) is 2.60. The summed E-state index contributed by atoms with van der Waals surface area (Å²) in [7, 11) is 0. The summed E-state index contributed by atoms with van der Waals surface area (Å²) in [5.41, 5.74) is 6.86. The molecule has 1 saturated carbocycles. The minimum absolute atomic E-state index is 0.0294. The van der Waals surface area contributed by atoms with Crippen molar-refractivity contribution in [2.24, 2.45) is 0 Å². The molecule has 0 aromatic heterocycles. The van der Waals surface area contributed by atoms with Crippen molar-refractivity contribution in [3.05, 3.63) is 28.3 Å². The largest absolute Gasteiger partial charge is 0.398 e. The van der Waals surface area contributed by atoms with Gasteiger partial charge >= 0.3 is 0 Å². The summed E-state index contributed by atoms with van der Waals surface area (Å²) >= 11 is 0. The molecule has 2 rings (SSSR count). The van der Waals surface area contributed by atoms with E-state index in [1.165, 1.54) is 12.1 Å². The second-order valence-corrected chi connectivity index (χ2v) is 4.26. The Balaban J connectivity index is 2.27. The molecule has 80 valence electrons. The van der Waals surface area contributed by atoms with Gasteiger partial charge in [0.15, 0.2) is 0 Å². The number of hydrogen-bond acceptors (Lipinski definition) is 4. The van der Waals surface area contributed by atoms with Crippen LogP contribution in [0.25, 0.3) is 0 Å². The molecule has 3 N–H and O–H groups in total. The lowest BCUT2D eigenvalue weighted by atomic mass is 10.2. The highest BCUT2D eigenvalue weighted by atomic mass is 16.6. The number of nitro groups is 1. The summed E-state index contributed by atoms with van der Waals surface area (Å²) in [5.74, 6) is 0. The maximum atomic E-state index is 10.6. The molecule has 0 radical (unpaired) electrons. The average molecular weight is 207 g/mol. The van der Waals surface area contributed by atoms with Gasteiger partial charge in [-0.05, 0) is 25.8 Å². The lowest BCUT2D eigenvalue weighted by Gasteiger charge is -2.13. The molecule has 1 aromatic rings. The Labute approximate surface area is 87.4 Å². The number of rotatable bonds is 3. The van der Waals surface area contributed by atoms with Crippen LogP contribution in [0.4, 0.5) is 17.1 Å². The van der Waals surface area contributed by atoms with Crippen LogP contribution in [0.15, 0.2) is 18.2 Å². The second-order valence-electron chi connectivity index (χ2n) is 4.26. The summed E-state index contributed by atoms with van der Waals surface area (Å²) in [6, 6.07) is 4.59. The number of nitrogens with one attached hydrogen (secondary N) is 1. The molecule has 0 unspecified atom stereocenters. The van der Waals surface area contributed by atoms with Crippen molar-refractivity contribution in [3.63, 3.8) is 0 Å². The number of hydrogen-bond donors (Lipinski definition) is 2. The number of nitrogens with two attached hydrogens (primary N) is 1. The summed E-state index contributed by atoms with van der Waals surface area (Å²) in [4.78, 5) is 10.2. The predicted octanol–water partition coefficient (Wildman–Crippen LogP) is 2.14. The van der Waals surface area contributed by atoms with Gasteiger partial charge in [0.05, 0.1) is 4.92 Å². The lowest BCUT2D eigenvalue weighted by molar-refractivity contribution is -0.384. The molecule has 15 heavy (non-hydrogen) atoms. The zero-order valence-corrected chi connectivity index (χ0v) is 8.49. The first kappa shape index (κ1) is 9.76. The molecule has 1 fully saturated rings. The van der Waals surface area contributed by atoms with Gasteiger partial charge in [0.2, 0.25) is 0 Å². The van der Waals surface area contributed by atoms with Gasteiger partial charge in [-0.15, -0.1) is 0 Å². The third kappa shape index (κ3) is 2.18. The van der Waals surface area contributed by atoms with E-state index in [4.69, 9.17) is 5.73 Å². The SMILES string of the molecule is CC1(Nc2cc(N)cc([N+](=O)[O-])c2)CC1. The first-order valence-electron chi connectivity index (χ1n) is 4.82. The summed E-state index contributed by atoms with van der Waals surface area (Å²) < 4.78 is 0. The van der Waals surface area contributed by atoms with Crippen LogP contribution >= 0.6 is 0 Å².